The molecule has 0 aliphatic carbocycles. The van der Waals surface area contributed by atoms with Crippen LogP contribution < -0.4 is 9.47 Å². The molecule has 1 aliphatic rings. The monoisotopic (exact) mass is 417 g/mol. The van der Waals surface area contributed by atoms with E-state index in [1.807, 2.05) is 36.1 Å². The molecule has 6 nitrogen and oxygen atoms in total. The molecular weight excluding hydrogens is 386 g/mol. The van der Waals surface area contributed by atoms with Gasteiger partial charge in [0.1, 0.15) is 16.5 Å². The van der Waals surface area contributed by atoms with Crippen molar-refractivity contribution in [3.05, 3.63) is 40.3 Å². The predicted octanol–water partition coefficient (Wildman–Crippen LogP) is 3.56. The number of nitrogens with zero attached hydrogens (tertiary/aromatic N) is 3. The molecule has 0 unspecified atom stereocenters. The van der Waals surface area contributed by atoms with Crippen LogP contribution in [0.3, 0.4) is 0 Å². The van der Waals surface area contributed by atoms with Gasteiger partial charge in [-0.25, -0.2) is 4.98 Å². The highest BCUT2D eigenvalue weighted by Gasteiger charge is 2.23. The largest absolute Gasteiger partial charge is 0.494 e. The zero-order valence-corrected chi connectivity index (χ0v) is 18.6. The van der Waals surface area contributed by atoms with E-state index in [2.05, 4.69) is 31.1 Å². The van der Waals surface area contributed by atoms with Gasteiger partial charge in [0.25, 0.3) is 5.91 Å². The first-order valence-electron chi connectivity index (χ1n) is 10.2. The smallest absolute Gasteiger partial charge is 0.260 e. The summed E-state index contributed by atoms with van der Waals surface area (Å²) >= 11 is 1.72. The average Bonchev–Trinajstić information content (AvgIpc) is 3.17. The molecule has 0 radical (unpaired) electrons. The fraction of sp³-hybridized carbons (Fsp3) is 0.545. The molecule has 2 aromatic rings. The Morgan fingerprint density at radius 2 is 1.69 bits per heavy atom. The zero-order valence-electron chi connectivity index (χ0n) is 17.8. The van der Waals surface area contributed by atoms with Crippen molar-refractivity contribution in [1.29, 1.82) is 0 Å². The lowest BCUT2D eigenvalue weighted by Gasteiger charge is -2.34. The van der Waals surface area contributed by atoms with E-state index in [0.717, 1.165) is 49.2 Å². The zero-order chi connectivity index (χ0) is 20.9. The molecule has 7 heteroatoms. The van der Waals surface area contributed by atoms with E-state index in [0.29, 0.717) is 12.4 Å². The second-order valence-electron chi connectivity index (χ2n) is 8.23. The molecule has 0 N–H and O–H groups in total. The molecule has 2 heterocycles. The first-order chi connectivity index (χ1) is 13.8. The molecule has 0 saturated carbocycles. The summed E-state index contributed by atoms with van der Waals surface area (Å²) in [5.41, 5.74) is 1.24. The SMILES string of the molecule is CCOc1ccc(OCC(=O)N2CCN(Cc3nc(C(C)(C)C)cs3)CC2)cc1. The van der Waals surface area contributed by atoms with E-state index in [9.17, 15) is 4.79 Å². The number of benzene rings is 1. The summed E-state index contributed by atoms with van der Waals surface area (Å²) in [5, 5.41) is 3.31. The average molecular weight is 418 g/mol. The molecule has 1 aliphatic heterocycles. The lowest BCUT2D eigenvalue weighted by Crippen LogP contribution is -2.49. The van der Waals surface area contributed by atoms with E-state index < -0.39 is 0 Å². The Morgan fingerprint density at radius 3 is 2.24 bits per heavy atom. The number of thiazole rings is 1. The Bertz CT molecular complexity index is 790. The summed E-state index contributed by atoms with van der Waals surface area (Å²) in [6.45, 7) is 13.2. The van der Waals surface area contributed by atoms with E-state index in [1.165, 1.54) is 0 Å². The Balaban J connectivity index is 1.41. The number of hydrogen-bond donors (Lipinski definition) is 0. The standard InChI is InChI=1S/C22H31N3O3S/c1-5-27-17-6-8-18(9-7-17)28-15-21(26)25-12-10-24(11-13-25)14-20-23-19(16-29-20)22(2,3)4/h6-9,16H,5,10-15H2,1-4H3. The molecule has 1 aromatic carbocycles. The number of rotatable bonds is 7. The number of carbonyl (C=O) groups excluding carboxylic acids is 1. The van der Waals surface area contributed by atoms with Crippen LogP contribution in [0.1, 0.15) is 38.4 Å². The van der Waals surface area contributed by atoms with Crippen LogP contribution in [-0.4, -0.2) is 60.1 Å². The number of aromatic nitrogens is 1. The van der Waals surface area contributed by atoms with Crippen LogP contribution in [0.15, 0.2) is 29.6 Å². The molecule has 1 aromatic heterocycles. The van der Waals surface area contributed by atoms with Gasteiger partial charge in [0, 0.05) is 37.0 Å². The van der Waals surface area contributed by atoms with Crippen LogP contribution in [0, 0.1) is 0 Å². The Morgan fingerprint density at radius 1 is 1.07 bits per heavy atom. The van der Waals surface area contributed by atoms with Crippen molar-refractivity contribution in [2.24, 2.45) is 0 Å². The molecule has 1 saturated heterocycles. The van der Waals surface area contributed by atoms with Gasteiger partial charge < -0.3 is 14.4 Å². The van der Waals surface area contributed by atoms with E-state index in [-0.39, 0.29) is 17.9 Å². The topological polar surface area (TPSA) is 54.9 Å². The summed E-state index contributed by atoms with van der Waals surface area (Å²) in [6, 6.07) is 7.36. The Hall–Kier alpha value is -2.12. The predicted molar refractivity (Wildman–Crippen MR) is 116 cm³/mol. The third-order valence-electron chi connectivity index (χ3n) is 4.90. The van der Waals surface area contributed by atoms with Crippen LogP contribution in [0.2, 0.25) is 0 Å². The van der Waals surface area contributed by atoms with Crippen LogP contribution in [0.4, 0.5) is 0 Å². The summed E-state index contributed by atoms with van der Waals surface area (Å²) in [4.78, 5) is 21.5. The van der Waals surface area contributed by atoms with Gasteiger partial charge in [0.15, 0.2) is 6.61 Å². The number of hydrogen-bond acceptors (Lipinski definition) is 6. The molecule has 158 valence electrons. The maximum absolute atomic E-state index is 12.5. The molecule has 1 amide bonds. The third kappa shape index (κ3) is 6.18. The molecule has 0 atom stereocenters. The fourth-order valence-corrected chi connectivity index (χ4v) is 4.17. The lowest BCUT2D eigenvalue weighted by atomic mass is 9.93. The summed E-state index contributed by atoms with van der Waals surface area (Å²) in [6.07, 6.45) is 0. The third-order valence-corrected chi connectivity index (χ3v) is 5.73. The minimum Gasteiger partial charge on any atom is -0.494 e. The van der Waals surface area contributed by atoms with Crippen molar-refractivity contribution in [3.63, 3.8) is 0 Å². The fourth-order valence-electron chi connectivity index (χ4n) is 3.11. The van der Waals surface area contributed by atoms with Crippen molar-refractivity contribution in [1.82, 2.24) is 14.8 Å². The Kier molecular flexibility index (Phi) is 7.14. The normalized spacial score (nSPS) is 15.4. The maximum Gasteiger partial charge on any atom is 0.260 e. The first kappa shape index (κ1) is 21.6. The van der Waals surface area contributed by atoms with Crippen molar-refractivity contribution in [3.8, 4) is 11.5 Å². The van der Waals surface area contributed by atoms with Crippen LogP contribution in [0.25, 0.3) is 0 Å². The van der Waals surface area contributed by atoms with Gasteiger partial charge in [-0.15, -0.1) is 11.3 Å². The molecule has 29 heavy (non-hydrogen) atoms. The number of ether oxygens (including phenoxy) is 2. The number of amides is 1. The van der Waals surface area contributed by atoms with Gasteiger partial charge in [-0.3, -0.25) is 9.69 Å². The summed E-state index contributed by atoms with van der Waals surface area (Å²) in [7, 11) is 0. The van der Waals surface area contributed by atoms with Gasteiger partial charge in [-0.2, -0.15) is 0 Å². The lowest BCUT2D eigenvalue weighted by molar-refractivity contribution is -0.135. The van der Waals surface area contributed by atoms with Gasteiger partial charge >= 0.3 is 0 Å². The molecular formula is C22H31N3O3S. The van der Waals surface area contributed by atoms with E-state index in [4.69, 9.17) is 14.5 Å². The highest BCUT2D eigenvalue weighted by molar-refractivity contribution is 7.09. The minimum absolute atomic E-state index is 0.0304. The van der Waals surface area contributed by atoms with Gasteiger partial charge in [0.2, 0.25) is 0 Å². The van der Waals surface area contributed by atoms with Crippen molar-refractivity contribution >= 4 is 17.2 Å². The second kappa shape index (κ2) is 9.59. The highest BCUT2D eigenvalue weighted by atomic mass is 32.1. The van der Waals surface area contributed by atoms with Gasteiger partial charge in [-0.1, -0.05) is 20.8 Å². The van der Waals surface area contributed by atoms with Crippen molar-refractivity contribution in [2.45, 2.75) is 39.7 Å². The van der Waals surface area contributed by atoms with Crippen LogP contribution in [-0.2, 0) is 16.8 Å². The van der Waals surface area contributed by atoms with E-state index in [1.54, 1.807) is 11.3 Å². The maximum atomic E-state index is 12.5. The molecule has 3 rings (SSSR count). The van der Waals surface area contributed by atoms with Gasteiger partial charge in [0.05, 0.1) is 18.8 Å². The number of piperazine rings is 1. The van der Waals surface area contributed by atoms with E-state index >= 15 is 0 Å². The highest BCUT2D eigenvalue weighted by Crippen LogP contribution is 2.24. The van der Waals surface area contributed by atoms with Crippen molar-refractivity contribution in [2.75, 3.05) is 39.4 Å². The Labute approximate surface area is 177 Å². The summed E-state index contributed by atoms with van der Waals surface area (Å²) < 4.78 is 11.1. The second-order valence-corrected chi connectivity index (χ2v) is 9.17. The molecule has 0 bridgehead atoms. The quantitative estimate of drug-likeness (QED) is 0.689. The first-order valence-corrected chi connectivity index (χ1v) is 11.0. The van der Waals surface area contributed by atoms with Crippen molar-refractivity contribution < 1.29 is 14.3 Å². The molecule has 0 spiro atoms. The summed E-state index contributed by atoms with van der Waals surface area (Å²) in [5.74, 6) is 1.51. The minimum atomic E-state index is 0.0304. The number of carbonyl (C=O) groups is 1. The van der Waals surface area contributed by atoms with Gasteiger partial charge in [-0.05, 0) is 31.2 Å². The van der Waals surface area contributed by atoms with Crippen LogP contribution >= 0.6 is 11.3 Å². The van der Waals surface area contributed by atoms with Crippen LogP contribution in [0.5, 0.6) is 11.5 Å². The molecule has 1 fully saturated rings.